The van der Waals surface area contributed by atoms with E-state index in [0.29, 0.717) is 18.0 Å². The summed E-state index contributed by atoms with van der Waals surface area (Å²) >= 11 is 7.81. The molecule has 1 atom stereocenters. The fourth-order valence-electron chi connectivity index (χ4n) is 3.98. The molecule has 0 spiro atoms. The van der Waals surface area contributed by atoms with E-state index in [9.17, 15) is 9.59 Å². The molecule has 3 rings (SSSR count). The number of hydrogen-bond acceptors (Lipinski definition) is 3. The van der Waals surface area contributed by atoms with Crippen LogP contribution in [0.4, 0.5) is 0 Å². The molecular weight excluding hydrogens is 488 g/mol. The van der Waals surface area contributed by atoms with Gasteiger partial charge in [-0.2, -0.15) is 0 Å². The van der Waals surface area contributed by atoms with E-state index >= 15 is 0 Å². The molecule has 0 saturated carbocycles. The third-order valence-electron chi connectivity index (χ3n) is 5.59. The van der Waals surface area contributed by atoms with Crippen molar-refractivity contribution in [3.8, 4) is 0 Å². The van der Waals surface area contributed by atoms with Crippen molar-refractivity contribution in [3.63, 3.8) is 0 Å². The van der Waals surface area contributed by atoms with Gasteiger partial charge in [0.25, 0.3) is 0 Å². The van der Waals surface area contributed by atoms with Crippen molar-refractivity contribution in [2.45, 2.75) is 58.0 Å². The quantitative estimate of drug-likeness (QED) is 0.333. The van der Waals surface area contributed by atoms with Crippen LogP contribution < -0.4 is 5.32 Å². The number of hydrogen-bond donors (Lipinski definition) is 1. The van der Waals surface area contributed by atoms with Crippen LogP contribution in [0.1, 0.15) is 43.0 Å². The molecule has 0 aliphatic rings. The van der Waals surface area contributed by atoms with Crippen LogP contribution in [0.2, 0.25) is 5.02 Å². The third-order valence-corrected chi connectivity index (χ3v) is 6.81. The SMILES string of the molecule is Cc1cccc(CSCC(=O)N(Cc2cccc(Cl)c2)C(Cc2ccccc2)C(=O)NC(C)(C)C)c1. The summed E-state index contributed by atoms with van der Waals surface area (Å²) in [6.45, 7) is 8.22. The van der Waals surface area contributed by atoms with Gasteiger partial charge < -0.3 is 10.2 Å². The minimum Gasteiger partial charge on any atom is -0.350 e. The molecular formula is C30H35ClN2O2S. The Morgan fingerprint density at radius 1 is 0.917 bits per heavy atom. The first-order valence-corrected chi connectivity index (χ1v) is 13.7. The van der Waals surface area contributed by atoms with Gasteiger partial charge in [0.2, 0.25) is 11.8 Å². The zero-order valence-corrected chi connectivity index (χ0v) is 23.0. The number of rotatable bonds is 10. The van der Waals surface area contributed by atoms with Crippen LogP contribution in [0.5, 0.6) is 0 Å². The maximum absolute atomic E-state index is 13.7. The number of thioether (sulfide) groups is 1. The summed E-state index contributed by atoms with van der Waals surface area (Å²) in [4.78, 5) is 29.0. The van der Waals surface area contributed by atoms with E-state index in [2.05, 4.69) is 30.4 Å². The zero-order chi connectivity index (χ0) is 26.1. The van der Waals surface area contributed by atoms with E-state index in [0.717, 1.165) is 16.9 Å². The first-order chi connectivity index (χ1) is 17.1. The molecule has 0 radical (unpaired) electrons. The van der Waals surface area contributed by atoms with E-state index in [1.54, 1.807) is 16.7 Å². The van der Waals surface area contributed by atoms with Gasteiger partial charge in [-0.15, -0.1) is 11.8 Å². The first-order valence-electron chi connectivity index (χ1n) is 12.1. The van der Waals surface area contributed by atoms with Gasteiger partial charge in [0.1, 0.15) is 6.04 Å². The molecule has 1 unspecified atom stereocenters. The van der Waals surface area contributed by atoms with Crippen LogP contribution in [0.3, 0.4) is 0 Å². The highest BCUT2D eigenvalue weighted by molar-refractivity contribution is 7.99. The molecule has 4 nitrogen and oxygen atoms in total. The van der Waals surface area contributed by atoms with Crippen molar-refractivity contribution >= 4 is 35.2 Å². The van der Waals surface area contributed by atoms with Gasteiger partial charge in [0.05, 0.1) is 5.75 Å². The summed E-state index contributed by atoms with van der Waals surface area (Å²) in [5.41, 5.74) is 3.85. The van der Waals surface area contributed by atoms with Crippen LogP contribution in [0.25, 0.3) is 0 Å². The van der Waals surface area contributed by atoms with Crippen molar-refractivity contribution in [1.82, 2.24) is 10.2 Å². The molecule has 0 aliphatic heterocycles. The van der Waals surface area contributed by atoms with Crippen LogP contribution in [0.15, 0.2) is 78.9 Å². The number of amides is 2. The standard InChI is InChI=1S/C30H35ClN2O2S/c1-22-10-8-14-25(16-22)20-36-21-28(34)33(19-24-13-9-15-26(31)17-24)27(29(35)32-30(2,3)4)18-23-11-6-5-7-12-23/h5-17,27H,18-21H2,1-4H3,(H,32,35). The van der Waals surface area contributed by atoms with Crippen LogP contribution in [-0.4, -0.2) is 34.0 Å². The predicted molar refractivity (Wildman–Crippen MR) is 151 cm³/mol. The van der Waals surface area contributed by atoms with Crippen LogP contribution >= 0.6 is 23.4 Å². The molecule has 0 fully saturated rings. The molecule has 2 amide bonds. The summed E-state index contributed by atoms with van der Waals surface area (Å²) in [5, 5.41) is 3.70. The first kappa shape index (κ1) is 27.8. The highest BCUT2D eigenvalue weighted by atomic mass is 35.5. The molecule has 3 aromatic rings. The lowest BCUT2D eigenvalue weighted by Crippen LogP contribution is -2.54. The second-order valence-corrected chi connectivity index (χ2v) is 11.5. The topological polar surface area (TPSA) is 49.4 Å². The van der Waals surface area contributed by atoms with E-state index in [1.165, 1.54) is 11.1 Å². The largest absolute Gasteiger partial charge is 0.350 e. The summed E-state index contributed by atoms with van der Waals surface area (Å²) in [7, 11) is 0. The molecule has 0 aliphatic carbocycles. The Hall–Kier alpha value is -2.76. The van der Waals surface area contributed by atoms with Gasteiger partial charge in [-0.05, 0) is 56.5 Å². The molecule has 3 aromatic carbocycles. The van der Waals surface area contributed by atoms with Crippen LogP contribution in [-0.2, 0) is 28.3 Å². The van der Waals surface area contributed by atoms with E-state index in [1.807, 2.05) is 81.4 Å². The summed E-state index contributed by atoms with van der Waals surface area (Å²) in [5.74, 6) is 0.779. The number of carbonyl (C=O) groups is 2. The Morgan fingerprint density at radius 2 is 1.58 bits per heavy atom. The highest BCUT2D eigenvalue weighted by Gasteiger charge is 2.32. The van der Waals surface area contributed by atoms with Gasteiger partial charge in [-0.3, -0.25) is 9.59 Å². The molecule has 0 aromatic heterocycles. The Kier molecular flexibility index (Phi) is 10.0. The monoisotopic (exact) mass is 522 g/mol. The number of nitrogens with zero attached hydrogens (tertiary/aromatic N) is 1. The number of halogens is 1. The molecule has 0 bridgehead atoms. The van der Waals surface area contributed by atoms with E-state index < -0.39 is 11.6 Å². The fourth-order valence-corrected chi connectivity index (χ4v) is 5.05. The van der Waals surface area contributed by atoms with Crippen molar-refractivity contribution < 1.29 is 9.59 Å². The van der Waals surface area contributed by atoms with Crippen LogP contribution in [0, 0.1) is 6.92 Å². The summed E-state index contributed by atoms with van der Waals surface area (Å²) < 4.78 is 0. The highest BCUT2D eigenvalue weighted by Crippen LogP contribution is 2.21. The Labute approximate surface area is 224 Å². The van der Waals surface area contributed by atoms with Gasteiger partial charge >= 0.3 is 0 Å². The molecule has 6 heteroatoms. The number of aryl methyl sites for hydroxylation is 1. The van der Waals surface area contributed by atoms with Crippen molar-refractivity contribution in [1.29, 1.82) is 0 Å². The smallest absolute Gasteiger partial charge is 0.243 e. The minimum absolute atomic E-state index is 0.0716. The lowest BCUT2D eigenvalue weighted by Gasteiger charge is -2.34. The van der Waals surface area contributed by atoms with Gasteiger partial charge in [-0.25, -0.2) is 0 Å². The third kappa shape index (κ3) is 9.03. The minimum atomic E-state index is -0.655. The Morgan fingerprint density at radius 3 is 2.25 bits per heavy atom. The molecule has 1 N–H and O–H groups in total. The maximum atomic E-state index is 13.7. The molecule has 0 heterocycles. The Bertz CT molecular complexity index is 1160. The molecule has 190 valence electrons. The van der Waals surface area contributed by atoms with Crippen molar-refractivity contribution in [2.24, 2.45) is 0 Å². The maximum Gasteiger partial charge on any atom is 0.243 e. The summed E-state index contributed by atoms with van der Waals surface area (Å²) in [6, 6.07) is 25.0. The van der Waals surface area contributed by atoms with Gasteiger partial charge in [-0.1, -0.05) is 83.9 Å². The lowest BCUT2D eigenvalue weighted by molar-refractivity contribution is -0.140. The van der Waals surface area contributed by atoms with Crippen molar-refractivity contribution in [2.75, 3.05) is 5.75 Å². The summed E-state index contributed by atoms with van der Waals surface area (Å²) in [6.07, 6.45) is 0.428. The second kappa shape index (κ2) is 13.0. The van der Waals surface area contributed by atoms with E-state index in [4.69, 9.17) is 11.6 Å². The molecule has 36 heavy (non-hydrogen) atoms. The van der Waals surface area contributed by atoms with Gasteiger partial charge in [0.15, 0.2) is 0 Å². The second-order valence-electron chi connectivity index (χ2n) is 10.1. The number of nitrogens with one attached hydrogen (secondary N) is 1. The van der Waals surface area contributed by atoms with Crippen molar-refractivity contribution in [3.05, 3.63) is 106 Å². The number of benzene rings is 3. The number of carbonyl (C=O) groups excluding carboxylic acids is 2. The average molecular weight is 523 g/mol. The Balaban J connectivity index is 1.87. The van der Waals surface area contributed by atoms with Gasteiger partial charge in [0, 0.05) is 29.3 Å². The molecule has 0 saturated heterocycles. The van der Waals surface area contributed by atoms with E-state index in [-0.39, 0.29) is 17.6 Å². The predicted octanol–water partition coefficient (Wildman–Crippen LogP) is 6.44. The fraction of sp³-hybridized carbons (Fsp3) is 0.333. The zero-order valence-electron chi connectivity index (χ0n) is 21.5. The lowest BCUT2D eigenvalue weighted by atomic mass is 10.0. The average Bonchev–Trinajstić information content (AvgIpc) is 2.81. The normalized spacial score (nSPS) is 12.1.